The van der Waals surface area contributed by atoms with E-state index in [9.17, 15) is 4.79 Å². The number of nitrogens with zero attached hydrogens (tertiary/aromatic N) is 2. The second-order valence-electron chi connectivity index (χ2n) is 7.13. The summed E-state index contributed by atoms with van der Waals surface area (Å²) in [4.78, 5) is 16.4. The summed E-state index contributed by atoms with van der Waals surface area (Å²) >= 11 is 0. The van der Waals surface area contributed by atoms with E-state index in [4.69, 9.17) is 14.2 Å². The largest absolute Gasteiger partial charge is 0.489 e. The van der Waals surface area contributed by atoms with Crippen LogP contribution in [0, 0.1) is 5.92 Å². The molecule has 1 heterocycles. The summed E-state index contributed by atoms with van der Waals surface area (Å²) in [6.07, 6.45) is 5.17. The zero-order chi connectivity index (χ0) is 20.5. The molecule has 1 aliphatic carbocycles. The Labute approximate surface area is 169 Å². The third-order valence-corrected chi connectivity index (χ3v) is 5.49. The predicted octanol–water partition coefficient (Wildman–Crippen LogP) is 2.97. The van der Waals surface area contributed by atoms with Gasteiger partial charge in [0.15, 0.2) is 11.5 Å². The predicted molar refractivity (Wildman–Crippen MR) is 111 cm³/mol. The first-order valence-electron chi connectivity index (χ1n) is 10.5. The van der Waals surface area contributed by atoms with E-state index in [0.29, 0.717) is 19.0 Å². The SMILES string of the molecule is CCN(CC)CCOC1=CC2OC(=O)C=C(C)C2C=C1OCCN(CC)CC. The van der Waals surface area contributed by atoms with E-state index in [0.717, 1.165) is 50.6 Å². The maximum Gasteiger partial charge on any atom is 0.331 e. The topological polar surface area (TPSA) is 51.2 Å². The second kappa shape index (κ2) is 11.3. The lowest BCUT2D eigenvalue weighted by atomic mass is 9.87. The number of carbonyl (C=O) groups is 1. The Hall–Kier alpha value is -1.79. The van der Waals surface area contributed by atoms with Crippen LogP contribution in [-0.4, -0.2) is 74.4 Å². The smallest absolute Gasteiger partial charge is 0.331 e. The minimum Gasteiger partial charge on any atom is -0.489 e. The van der Waals surface area contributed by atoms with Gasteiger partial charge in [0.1, 0.15) is 19.3 Å². The van der Waals surface area contributed by atoms with Gasteiger partial charge < -0.3 is 24.0 Å². The molecule has 0 fully saturated rings. The Morgan fingerprint density at radius 2 is 1.39 bits per heavy atom. The fraction of sp³-hybridized carbons (Fsp3) is 0.682. The van der Waals surface area contributed by atoms with Gasteiger partial charge in [0.05, 0.1) is 0 Å². The van der Waals surface area contributed by atoms with Crippen LogP contribution in [-0.2, 0) is 19.0 Å². The molecule has 0 bridgehead atoms. The van der Waals surface area contributed by atoms with Gasteiger partial charge in [0.2, 0.25) is 0 Å². The van der Waals surface area contributed by atoms with E-state index in [1.807, 2.05) is 19.1 Å². The molecule has 6 nitrogen and oxygen atoms in total. The lowest BCUT2D eigenvalue weighted by molar-refractivity contribution is -0.143. The molecule has 28 heavy (non-hydrogen) atoms. The van der Waals surface area contributed by atoms with E-state index in [1.165, 1.54) is 0 Å². The van der Waals surface area contributed by atoms with Crippen LogP contribution in [0.1, 0.15) is 34.6 Å². The lowest BCUT2D eigenvalue weighted by Gasteiger charge is -2.32. The highest BCUT2D eigenvalue weighted by molar-refractivity contribution is 5.84. The Kier molecular flexibility index (Phi) is 9.06. The Morgan fingerprint density at radius 3 is 1.89 bits per heavy atom. The molecule has 6 heteroatoms. The van der Waals surface area contributed by atoms with Crippen LogP contribution in [0.15, 0.2) is 35.3 Å². The molecule has 2 unspecified atom stereocenters. The molecule has 0 aromatic heterocycles. The summed E-state index contributed by atoms with van der Waals surface area (Å²) in [7, 11) is 0. The number of hydrogen-bond donors (Lipinski definition) is 0. The summed E-state index contributed by atoms with van der Waals surface area (Å²) in [6, 6.07) is 0. The fourth-order valence-electron chi connectivity index (χ4n) is 3.51. The van der Waals surface area contributed by atoms with Crippen molar-refractivity contribution in [3.63, 3.8) is 0 Å². The molecule has 0 aromatic rings. The van der Waals surface area contributed by atoms with Gasteiger partial charge in [-0.1, -0.05) is 33.3 Å². The molecule has 0 aromatic carbocycles. The van der Waals surface area contributed by atoms with Crippen LogP contribution in [0.3, 0.4) is 0 Å². The molecule has 2 aliphatic rings. The van der Waals surface area contributed by atoms with E-state index in [-0.39, 0.29) is 18.0 Å². The van der Waals surface area contributed by atoms with Gasteiger partial charge >= 0.3 is 5.97 Å². The molecule has 0 amide bonds. The van der Waals surface area contributed by atoms with Crippen molar-refractivity contribution in [3.8, 4) is 0 Å². The maximum absolute atomic E-state index is 11.8. The lowest BCUT2D eigenvalue weighted by Crippen LogP contribution is -2.33. The number of rotatable bonds is 12. The molecule has 0 N–H and O–H groups in total. The average molecular weight is 393 g/mol. The van der Waals surface area contributed by atoms with Crippen molar-refractivity contribution in [3.05, 3.63) is 35.3 Å². The number of hydrogen-bond acceptors (Lipinski definition) is 6. The standard InChI is InChI=1S/C22H36N2O4/c1-6-23(7-2)10-12-26-20-15-18-17(5)14-22(25)28-19(18)16-21(20)27-13-11-24(8-3)9-4/h14-16,18-19H,6-13H2,1-5H3. The zero-order valence-electron chi connectivity index (χ0n) is 18.1. The van der Waals surface area contributed by atoms with Gasteiger partial charge in [-0.3, -0.25) is 0 Å². The number of likely N-dealkylation sites (N-methyl/N-ethyl adjacent to an activating group) is 2. The normalized spacial score (nSPS) is 21.7. The molecular weight excluding hydrogens is 356 g/mol. The molecule has 0 spiro atoms. The summed E-state index contributed by atoms with van der Waals surface area (Å²) < 4.78 is 17.7. The Bertz CT molecular complexity index is 604. The highest BCUT2D eigenvalue weighted by atomic mass is 16.6. The Morgan fingerprint density at radius 1 is 0.893 bits per heavy atom. The number of fused-ring (bicyclic) bond motifs is 1. The molecular formula is C22H36N2O4. The zero-order valence-corrected chi connectivity index (χ0v) is 18.1. The second-order valence-corrected chi connectivity index (χ2v) is 7.13. The van der Waals surface area contributed by atoms with Crippen LogP contribution in [0.5, 0.6) is 0 Å². The number of esters is 1. The molecule has 158 valence electrons. The third-order valence-electron chi connectivity index (χ3n) is 5.49. The number of ether oxygens (including phenoxy) is 3. The molecule has 1 aliphatic heterocycles. The van der Waals surface area contributed by atoms with Gasteiger partial charge in [-0.2, -0.15) is 0 Å². The highest BCUT2D eigenvalue weighted by Crippen LogP contribution is 2.33. The van der Waals surface area contributed by atoms with Crippen molar-refractivity contribution < 1.29 is 19.0 Å². The van der Waals surface area contributed by atoms with E-state index in [1.54, 1.807) is 6.08 Å². The van der Waals surface area contributed by atoms with Crippen molar-refractivity contribution in [2.45, 2.75) is 40.7 Å². The van der Waals surface area contributed by atoms with Gasteiger partial charge in [-0.25, -0.2) is 4.79 Å². The minimum absolute atomic E-state index is 0.0104. The van der Waals surface area contributed by atoms with Crippen molar-refractivity contribution >= 4 is 5.97 Å². The first-order valence-corrected chi connectivity index (χ1v) is 10.5. The van der Waals surface area contributed by atoms with E-state index < -0.39 is 0 Å². The van der Waals surface area contributed by atoms with E-state index in [2.05, 4.69) is 37.5 Å². The summed E-state index contributed by atoms with van der Waals surface area (Å²) in [5, 5.41) is 0. The summed E-state index contributed by atoms with van der Waals surface area (Å²) in [5.74, 6) is 1.14. The van der Waals surface area contributed by atoms with Gasteiger partial charge in [-0.15, -0.1) is 0 Å². The van der Waals surface area contributed by atoms with Crippen molar-refractivity contribution in [2.75, 3.05) is 52.5 Å². The fourth-order valence-corrected chi connectivity index (χ4v) is 3.51. The number of carbonyl (C=O) groups excluding carboxylic acids is 1. The van der Waals surface area contributed by atoms with Crippen molar-refractivity contribution in [1.82, 2.24) is 9.80 Å². The molecule has 2 atom stereocenters. The average Bonchev–Trinajstić information content (AvgIpc) is 2.69. The first-order chi connectivity index (χ1) is 13.5. The van der Waals surface area contributed by atoms with Crippen molar-refractivity contribution in [2.24, 2.45) is 5.92 Å². The quantitative estimate of drug-likeness (QED) is 0.476. The summed E-state index contributed by atoms with van der Waals surface area (Å²) in [5.41, 5.74) is 0.990. The van der Waals surface area contributed by atoms with E-state index >= 15 is 0 Å². The van der Waals surface area contributed by atoms with Crippen LogP contribution >= 0.6 is 0 Å². The van der Waals surface area contributed by atoms with Crippen LogP contribution < -0.4 is 0 Å². The maximum atomic E-state index is 11.8. The monoisotopic (exact) mass is 392 g/mol. The van der Waals surface area contributed by atoms with Gasteiger partial charge in [0, 0.05) is 31.2 Å². The highest BCUT2D eigenvalue weighted by Gasteiger charge is 2.33. The first kappa shape index (κ1) is 22.5. The summed E-state index contributed by atoms with van der Waals surface area (Å²) in [6.45, 7) is 17.5. The van der Waals surface area contributed by atoms with Crippen LogP contribution in [0.2, 0.25) is 0 Å². The molecule has 0 saturated carbocycles. The third kappa shape index (κ3) is 6.11. The minimum atomic E-state index is -0.323. The van der Waals surface area contributed by atoms with Crippen LogP contribution in [0.4, 0.5) is 0 Å². The van der Waals surface area contributed by atoms with Crippen molar-refractivity contribution in [1.29, 1.82) is 0 Å². The Balaban J connectivity index is 2.06. The molecule has 0 saturated heterocycles. The molecule has 2 rings (SSSR count). The van der Waals surface area contributed by atoms with Gasteiger partial charge in [-0.05, 0) is 39.2 Å². The van der Waals surface area contributed by atoms with Crippen LogP contribution in [0.25, 0.3) is 0 Å². The van der Waals surface area contributed by atoms with Gasteiger partial charge in [0.25, 0.3) is 0 Å². The molecule has 0 radical (unpaired) electrons.